The van der Waals surface area contributed by atoms with E-state index in [0.29, 0.717) is 0 Å². The van der Waals surface area contributed by atoms with Gasteiger partial charge in [0, 0.05) is 24.8 Å². The van der Waals surface area contributed by atoms with Crippen LogP contribution in [0.25, 0.3) is 22.5 Å². The Morgan fingerprint density at radius 1 is 1.07 bits per heavy atom. The minimum atomic E-state index is 0.786. The van der Waals surface area contributed by atoms with Crippen LogP contribution in [0, 0.1) is 0 Å². The van der Waals surface area contributed by atoms with Gasteiger partial charge >= 0.3 is 0 Å². The number of benzene rings is 2. The van der Waals surface area contributed by atoms with E-state index in [1.165, 1.54) is 0 Å². The molecule has 0 saturated carbocycles. The van der Waals surface area contributed by atoms with Crippen molar-refractivity contribution in [3.05, 3.63) is 54.4 Å². The van der Waals surface area contributed by atoms with Gasteiger partial charge in [0.25, 0.3) is 0 Å². The van der Waals surface area contributed by atoms with Gasteiger partial charge in [-0.25, -0.2) is 4.98 Å². The smallest absolute Gasteiger partial charge is 0.195 e. The lowest BCUT2D eigenvalue weighted by Gasteiger charge is -2.05. The van der Waals surface area contributed by atoms with Crippen LogP contribution in [0.2, 0.25) is 0 Å². The largest absolute Gasteiger partial charge is 0.497 e. The van der Waals surface area contributed by atoms with Gasteiger partial charge in [-0.15, -0.1) is 10.2 Å². The maximum Gasteiger partial charge on any atom is 0.195 e. The van der Waals surface area contributed by atoms with E-state index in [1.807, 2.05) is 60.1 Å². The molecule has 0 amide bonds. The average Bonchev–Trinajstić information content (AvgIpc) is 3.28. The molecule has 0 aliphatic rings. The number of ether oxygens (including phenoxy) is 1. The van der Waals surface area contributed by atoms with Gasteiger partial charge < -0.3 is 13.7 Å². The number of thioether (sulfide) groups is 1. The monoisotopic (exact) mass is 380 g/mol. The molecule has 0 saturated heterocycles. The zero-order valence-electron chi connectivity index (χ0n) is 15.3. The number of aromatic nitrogens is 4. The molecule has 2 heterocycles. The minimum Gasteiger partial charge on any atom is -0.497 e. The molecular formula is C20H20N4O2S. The lowest BCUT2D eigenvalue weighted by atomic mass is 10.2. The van der Waals surface area contributed by atoms with Crippen molar-refractivity contribution < 1.29 is 9.15 Å². The van der Waals surface area contributed by atoms with E-state index >= 15 is 0 Å². The molecule has 27 heavy (non-hydrogen) atoms. The fourth-order valence-electron chi connectivity index (χ4n) is 2.85. The van der Waals surface area contributed by atoms with E-state index in [-0.39, 0.29) is 0 Å². The van der Waals surface area contributed by atoms with Gasteiger partial charge in [0.05, 0.1) is 7.11 Å². The highest BCUT2D eigenvalue weighted by Gasteiger charge is 2.12. The Hall–Kier alpha value is -2.80. The predicted molar refractivity (Wildman–Crippen MR) is 106 cm³/mol. The summed E-state index contributed by atoms with van der Waals surface area (Å²) in [5, 5.41) is 9.55. The Balaban J connectivity index is 1.35. The fourth-order valence-corrected chi connectivity index (χ4v) is 3.70. The SMILES string of the molecule is COc1ccc(-c2nnc(SCCCc3nc4ccccc4o3)n2C)cc1. The Morgan fingerprint density at radius 3 is 2.67 bits per heavy atom. The summed E-state index contributed by atoms with van der Waals surface area (Å²) in [4.78, 5) is 4.51. The second-order valence-corrected chi connectivity index (χ2v) is 7.18. The topological polar surface area (TPSA) is 66.0 Å². The molecule has 0 aliphatic carbocycles. The third-order valence-corrected chi connectivity index (χ3v) is 5.39. The van der Waals surface area contributed by atoms with Crippen LogP contribution in [-0.2, 0) is 13.5 Å². The number of methoxy groups -OCH3 is 1. The molecule has 7 heteroatoms. The van der Waals surface area contributed by atoms with Gasteiger partial charge in [-0.3, -0.25) is 0 Å². The number of hydrogen-bond acceptors (Lipinski definition) is 6. The van der Waals surface area contributed by atoms with Gasteiger partial charge in [0.15, 0.2) is 22.5 Å². The highest BCUT2D eigenvalue weighted by Crippen LogP contribution is 2.25. The standard InChI is InChI=1S/C20H20N4O2S/c1-24-19(14-9-11-15(25-2)12-10-14)22-23-20(24)27-13-5-8-18-21-16-6-3-4-7-17(16)26-18/h3-4,6-7,9-12H,5,8,13H2,1-2H3. The molecule has 138 valence electrons. The number of nitrogens with zero attached hydrogens (tertiary/aromatic N) is 4. The zero-order valence-corrected chi connectivity index (χ0v) is 16.1. The lowest BCUT2D eigenvalue weighted by molar-refractivity contribution is 0.415. The Labute approximate surface area is 161 Å². The first kappa shape index (κ1) is 17.6. The van der Waals surface area contributed by atoms with Crippen molar-refractivity contribution in [2.45, 2.75) is 18.0 Å². The summed E-state index contributed by atoms with van der Waals surface area (Å²) >= 11 is 1.69. The molecule has 0 bridgehead atoms. The Morgan fingerprint density at radius 2 is 1.89 bits per heavy atom. The van der Waals surface area contributed by atoms with Crippen molar-refractivity contribution >= 4 is 22.9 Å². The first-order valence-corrected chi connectivity index (χ1v) is 9.74. The number of aryl methyl sites for hydroxylation is 1. The van der Waals surface area contributed by atoms with E-state index in [0.717, 1.165) is 57.9 Å². The molecule has 0 unspecified atom stereocenters. The van der Waals surface area contributed by atoms with E-state index in [2.05, 4.69) is 15.2 Å². The predicted octanol–water partition coefficient (Wildman–Crippen LogP) is 4.36. The van der Waals surface area contributed by atoms with Crippen LogP contribution >= 0.6 is 11.8 Å². The molecule has 6 nitrogen and oxygen atoms in total. The second-order valence-electron chi connectivity index (χ2n) is 6.12. The fraction of sp³-hybridized carbons (Fsp3) is 0.250. The van der Waals surface area contributed by atoms with Crippen molar-refractivity contribution in [2.24, 2.45) is 7.05 Å². The minimum absolute atomic E-state index is 0.786. The van der Waals surface area contributed by atoms with Gasteiger partial charge in [0.1, 0.15) is 11.3 Å². The lowest BCUT2D eigenvalue weighted by Crippen LogP contribution is -1.96. The van der Waals surface area contributed by atoms with Gasteiger partial charge in [-0.05, 0) is 42.8 Å². The quantitative estimate of drug-likeness (QED) is 0.351. The summed E-state index contributed by atoms with van der Waals surface area (Å²) in [6.07, 6.45) is 1.77. The number of oxazole rings is 1. The van der Waals surface area contributed by atoms with Crippen molar-refractivity contribution in [1.82, 2.24) is 19.7 Å². The highest BCUT2D eigenvalue weighted by atomic mass is 32.2. The summed E-state index contributed by atoms with van der Waals surface area (Å²) < 4.78 is 13.0. The summed E-state index contributed by atoms with van der Waals surface area (Å²) in [6, 6.07) is 15.7. The van der Waals surface area contributed by atoms with Crippen LogP contribution in [0.1, 0.15) is 12.3 Å². The van der Waals surface area contributed by atoms with E-state index in [1.54, 1.807) is 18.9 Å². The van der Waals surface area contributed by atoms with Crippen LogP contribution < -0.4 is 4.74 Å². The van der Waals surface area contributed by atoms with Crippen molar-refractivity contribution in [2.75, 3.05) is 12.9 Å². The molecule has 0 fully saturated rings. The summed E-state index contributed by atoms with van der Waals surface area (Å²) in [7, 11) is 3.65. The first-order valence-electron chi connectivity index (χ1n) is 8.75. The van der Waals surface area contributed by atoms with Crippen LogP contribution in [0.5, 0.6) is 5.75 Å². The van der Waals surface area contributed by atoms with E-state index in [9.17, 15) is 0 Å². The van der Waals surface area contributed by atoms with Crippen molar-refractivity contribution in [3.63, 3.8) is 0 Å². The van der Waals surface area contributed by atoms with Crippen LogP contribution in [-0.4, -0.2) is 32.6 Å². The van der Waals surface area contributed by atoms with Gasteiger partial charge in [-0.1, -0.05) is 23.9 Å². The molecule has 2 aromatic heterocycles. The Kier molecular flexibility index (Phi) is 5.11. The van der Waals surface area contributed by atoms with E-state index < -0.39 is 0 Å². The number of para-hydroxylation sites is 2. The first-order chi connectivity index (χ1) is 13.2. The average molecular weight is 380 g/mol. The van der Waals surface area contributed by atoms with Crippen molar-refractivity contribution in [1.29, 1.82) is 0 Å². The van der Waals surface area contributed by atoms with Gasteiger partial charge in [-0.2, -0.15) is 0 Å². The zero-order chi connectivity index (χ0) is 18.6. The molecule has 4 aromatic rings. The third kappa shape index (κ3) is 3.83. The van der Waals surface area contributed by atoms with Gasteiger partial charge in [0.2, 0.25) is 0 Å². The number of fused-ring (bicyclic) bond motifs is 1. The van der Waals surface area contributed by atoms with Crippen LogP contribution in [0.3, 0.4) is 0 Å². The third-order valence-electron chi connectivity index (χ3n) is 4.29. The Bertz CT molecular complexity index is 1010. The molecule has 0 spiro atoms. The summed E-state index contributed by atoms with van der Waals surface area (Å²) in [6.45, 7) is 0. The molecule has 4 rings (SSSR count). The molecule has 0 N–H and O–H groups in total. The van der Waals surface area contributed by atoms with Crippen LogP contribution in [0.4, 0.5) is 0 Å². The molecular weight excluding hydrogens is 360 g/mol. The molecule has 0 radical (unpaired) electrons. The second kappa shape index (κ2) is 7.84. The molecule has 2 aromatic carbocycles. The highest BCUT2D eigenvalue weighted by molar-refractivity contribution is 7.99. The summed E-state index contributed by atoms with van der Waals surface area (Å²) in [5.74, 6) is 3.38. The maximum absolute atomic E-state index is 5.76. The molecule has 0 atom stereocenters. The summed E-state index contributed by atoms with van der Waals surface area (Å²) in [5.41, 5.74) is 2.78. The van der Waals surface area contributed by atoms with Crippen LogP contribution in [0.15, 0.2) is 58.1 Å². The van der Waals surface area contributed by atoms with Crippen molar-refractivity contribution in [3.8, 4) is 17.1 Å². The number of hydrogen-bond donors (Lipinski definition) is 0. The number of rotatable bonds is 7. The van der Waals surface area contributed by atoms with E-state index in [4.69, 9.17) is 9.15 Å². The molecule has 0 aliphatic heterocycles. The maximum atomic E-state index is 5.76. The normalized spacial score (nSPS) is 11.2.